The van der Waals surface area contributed by atoms with Crippen molar-refractivity contribution in [2.75, 3.05) is 0 Å². The van der Waals surface area contributed by atoms with Gasteiger partial charge in [-0.3, -0.25) is 0 Å². The fraction of sp³-hybridized carbons (Fsp3) is 0.818. The standard InChI is InChI=1S/C11H22/c1-8-9(2)11(6,7)10(3,4)5/h8H,1-7H3. The molecule has 0 aromatic heterocycles. The Morgan fingerprint density at radius 3 is 1.45 bits per heavy atom. The van der Waals surface area contributed by atoms with E-state index in [9.17, 15) is 0 Å². The molecule has 0 aliphatic carbocycles. The van der Waals surface area contributed by atoms with Gasteiger partial charge in [0.1, 0.15) is 0 Å². The largest absolute Gasteiger partial charge is 0.0882 e. The van der Waals surface area contributed by atoms with E-state index in [1.54, 1.807) is 0 Å². The Bertz CT molecular complexity index is 153. The molecule has 11 heavy (non-hydrogen) atoms. The molecule has 0 nitrogen and oxygen atoms in total. The summed E-state index contributed by atoms with van der Waals surface area (Å²) in [5.41, 5.74) is 2.13. The Morgan fingerprint density at radius 2 is 1.36 bits per heavy atom. The molecule has 0 fully saturated rings. The molecule has 0 bridgehead atoms. The van der Waals surface area contributed by atoms with Crippen molar-refractivity contribution in [1.29, 1.82) is 0 Å². The van der Waals surface area contributed by atoms with Crippen molar-refractivity contribution in [2.24, 2.45) is 10.8 Å². The maximum Gasteiger partial charge on any atom is -0.00990 e. The summed E-state index contributed by atoms with van der Waals surface area (Å²) in [7, 11) is 0. The highest BCUT2D eigenvalue weighted by molar-refractivity contribution is 5.11. The average molecular weight is 154 g/mol. The molecule has 0 radical (unpaired) electrons. The molecule has 66 valence electrons. The van der Waals surface area contributed by atoms with Crippen LogP contribution in [0.15, 0.2) is 11.6 Å². The summed E-state index contributed by atoms with van der Waals surface area (Å²) < 4.78 is 0. The third-order valence-corrected chi connectivity index (χ3v) is 3.29. The molecule has 0 unspecified atom stereocenters. The molecule has 0 aliphatic heterocycles. The monoisotopic (exact) mass is 154 g/mol. The summed E-state index contributed by atoms with van der Waals surface area (Å²) in [6, 6.07) is 0. The normalized spacial score (nSPS) is 15.4. The SMILES string of the molecule is CC=C(C)C(C)(C)C(C)(C)C. The molecule has 0 N–H and O–H groups in total. The third-order valence-electron chi connectivity index (χ3n) is 3.29. The Labute approximate surface area is 71.7 Å². The second-order valence-corrected chi connectivity index (χ2v) is 4.85. The van der Waals surface area contributed by atoms with Crippen LogP contribution < -0.4 is 0 Å². The molecular formula is C11H22. The lowest BCUT2D eigenvalue weighted by atomic mass is 9.65. The van der Waals surface area contributed by atoms with Gasteiger partial charge in [-0.1, -0.05) is 46.3 Å². The van der Waals surface area contributed by atoms with E-state index in [1.165, 1.54) is 5.57 Å². The van der Waals surface area contributed by atoms with E-state index >= 15 is 0 Å². The van der Waals surface area contributed by atoms with Gasteiger partial charge in [0, 0.05) is 0 Å². The van der Waals surface area contributed by atoms with Crippen LogP contribution in [0.25, 0.3) is 0 Å². The minimum absolute atomic E-state index is 0.307. The Hall–Kier alpha value is -0.260. The molecule has 0 aromatic carbocycles. The summed E-state index contributed by atoms with van der Waals surface area (Å²) in [6.07, 6.45) is 2.21. The van der Waals surface area contributed by atoms with Gasteiger partial charge in [0.15, 0.2) is 0 Å². The first-order valence-electron chi connectivity index (χ1n) is 4.37. The Kier molecular flexibility index (Phi) is 2.93. The number of hydrogen-bond donors (Lipinski definition) is 0. The Morgan fingerprint density at radius 1 is 1.00 bits per heavy atom. The van der Waals surface area contributed by atoms with Gasteiger partial charge in [0.2, 0.25) is 0 Å². The predicted octanol–water partition coefficient (Wildman–Crippen LogP) is 4.02. The van der Waals surface area contributed by atoms with E-state index < -0.39 is 0 Å². The lowest BCUT2D eigenvalue weighted by Crippen LogP contribution is -2.30. The molecule has 0 atom stereocenters. The smallest absolute Gasteiger partial charge is 0.00990 e. The first-order valence-corrected chi connectivity index (χ1v) is 4.37. The molecule has 0 saturated heterocycles. The second-order valence-electron chi connectivity index (χ2n) is 4.85. The van der Waals surface area contributed by atoms with E-state index in [4.69, 9.17) is 0 Å². The summed E-state index contributed by atoms with van der Waals surface area (Å²) in [4.78, 5) is 0. The highest BCUT2D eigenvalue weighted by Gasteiger charge is 2.33. The molecule has 0 rings (SSSR count). The van der Waals surface area contributed by atoms with Gasteiger partial charge in [0.05, 0.1) is 0 Å². The van der Waals surface area contributed by atoms with Crippen LogP contribution in [0, 0.1) is 10.8 Å². The van der Waals surface area contributed by atoms with E-state index in [0.717, 1.165) is 0 Å². The molecular weight excluding hydrogens is 132 g/mol. The minimum atomic E-state index is 0.307. The van der Waals surface area contributed by atoms with Crippen molar-refractivity contribution in [3.8, 4) is 0 Å². The zero-order valence-corrected chi connectivity index (χ0v) is 9.08. The van der Waals surface area contributed by atoms with Crippen LogP contribution in [0.5, 0.6) is 0 Å². The number of allylic oxidation sites excluding steroid dienone is 2. The molecule has 0 saturated carbocycles. The number of hydrogen-bond acceptors (Lipinski definition) is 0. The van der Waals surface area contributed by atoms with Crippen LogP contribution in [0.3, 0.4) is 0 Å². The highest BCUT2D eigenvalue weighted by atomic mass is 14.4. The fourth-order valence-electron chi connectivity index (χ4n) is 0.952. The van der Waals surface area contributed by atoms with E-state index in [2.05, 4.69) is 54.5 Å². The quantitative estimate of drug-likeness (QED) is 0.500. The lowest BCUT2D eigenvalue weighted by molar-refractivity contribution is 0.177. The molecule has 0 spiro atoms. The van der Waals surface area contributed by atoms with Crippen LogP contribution in [-0.4, -0.2) is 0 Å². The van der Waals surface area contributed by atoms with Gasteiger partial charge in [-0.05, 0) is 24.7 Å². The summed E-state index contributed by atoms with van der Waals surface area (Å²) in [5.74, 6) is 0. The first-order chi connectivity index (χ1) is 4.73. The van der Waals surface area contributed by atoms with E-state index in [0.29, 0.717) is 10.8 Å². The average Bonchev–Trinajstić information content (AvgIpc) is 1.83. The molecule has 0 aromatic rings. The van der Waals surface area contributed by atoms with Gasteiger partial charge in [-0.15, -0.1) is 0 Å². The zero-order chi connectivity index (χ0) is 9.28. The van der Waals surface area contributed by atoms with Crippen molar-refractivity contribution in [1.82, 2.24) is 0 Å². The zero-order valence-electron chi connectivity index (χ0n) is 9.08. The van der Waals surface area contributed by atoms with Crippen molar-refractivity contribution in [3.05, 3.63) is 11.6 Å². The molecule has 0 heterocycles. The summed E-state index contributed by atoms with van der Waals surface area (Å²) in [5, 5.41) is 0. The van der Waals surface area contributed by atoms with Crippen LogP contribution >= 0.6 is 0 Å². The molecule has 0 amide bonds. The topological polar surface area (TPSA) is 0 Å². The van der Waals surface area contributed by atoms with E-state index in [-0.39, 0.29) is 0 Å². The van der Waals surface area contributed by atoms with Gasteiger partial charge in [0.25, 0.3) is 0 Å². The molecule has 0 heteroatoms. The second kappa shape index (κ2) is 3.00. The minimum Gasteiger partial charge on any atom is -0.0882 e. The van der Waals surface area contributed by atoms with Crippen LogP contribution in [-0.2, 0) is 0 Å². The Balaban J connectivity index is 4.74. The maximum atomic E-state index is 2.31. The van der Waals surface area contributed by atoms with E-state index in [1.807, 2.05) is 0 Å². The summed E-state index contributed by atoms with van der Waals surface area (Å²) >= 11 is 0. The maximum absolute atomic E-state index is 2.31. The van der Waals surface area contributed by atoms with Crippen molar-refractivity contribution in [2.45, 2.75) is 48.5 Å². The molecule has 0 aliphatic rings. The summed E-state index contributed by atoms with van der Waals surface area (Å²) in [6.45, 7) is 15.8. The van der Waals surface area contributed by atoms with Crippen LogP contribution in [0.2, 0.25) is 0 Å². The fourth-order valence-corrected chi connectivity index (χ4v) is 0.952. The van der Waals surface area contributed by atoms with Crippen LogP contribution in [0.1, 0.15) is 48.5 Å². The van der Waals surface area contributed by atoms with Crippen molar-refractivity contribution >= 4 is 0 Å². The highest BCUT2D eigenvalue weighted by Crippen LogP contribution is 2.43. The van der Waals surface area contributed by atoms with Gasteiger partial charge in [-0.2, -0.15) is 0 Å². The van der Waals surface area contributed by atoms with Crippen LogP contribution in [0.4, 0.5) is 0 Å². The van der Waals surface area contributed by atoms with Gasteiger partial charge < -0.3 is 0 Å². The van der Waals surface area contributed by atoms with Crippen molar-refractivity contribution < 1.29 is 0 Å². The third kappa shape index (κ3) is 2.08. The number of rotatable bonds is 1. The first kappa shape index (κ1) is 10.7. The predicted molar refractivity (Wildman–Crippen MR) is 52.7 cm³/mol. The van der Waals surface area contributed by atoms with Crippen molar-refractivity contribution in [3.63, 3.8) is 0 Å². The lowest BCUT2D eigenvalue weighted by Gasteiger charge is -2.40. The van der Waals surface area contributed by atoms with Gasteiger partial charge in [-0.25, -0.2) is 0 Å². The van der Waals surface area contributed by atoms with Gasteiger partial charge >= 0.3 is 0 Å².